The molecule has 0 aliphatic rings. The Balaban J connectivity index is 1.61. The van der Waals surface area contributed by atoms with Crippen LogP contribution in [-0.2, 0) is 17.8 Å². The van der Waals surface area contributed by atoms with Crippen LogP contribution in [0.25, 0.3) is 0 Å². The molecule has 0 saturated carbocycles. The SMILES string of the molecule is NCCCCC(NC(=O)OCc1ccccc1)C(=O)c1noc(Cc2ccc(OC(N)=O)cc2)n1. The van der Waals surface area contributed by atoms with Gasteiger partial charge in [0.25, 0.3) is 0 Å². The minimum atomic E-state index is -0.906. The molecule has 35 heavy (non-hydrogen) atoms. The molecule has 1 unspecified atom stereocenters. The lowest BCUT2D eigenvalue weighted by atomic mass is 10.0. The molecule has 3 rings (SSSR count). The van der Waals surface area contributed by atoms with Crippen LogP contribution in [-0.4, -0.2) is 40.7 Å². The van der Waals surface area contributed by atoms with E-state index in [1.54, 1.807) is 24.3 Å². The molecule has 0 bridgehead atoms. The van der Waals surface area contributed by atoms with Gasteiger partial charge in [-0.1, -0.05) is 47.6 Å². The number of primary amides is 1. The summed E-state index contributed by atoms with van der Waals surface area (Å²) in [5.41, 5.74) is 12.2. The van der Waals surface area contributed by atoms with E-state index < -0.39 is 24.0 Å². The van der Waals surface area contributed by atoms with Crippen molar-refractivity contribution in [2.45, 2.75) is 38.3 Å². The fraction of sp³-hybridized carbons (Fsp3) is 0.292. The van der Waals surface area contributed by atoms with Crippen molar-refractivity contribution in [1.82, 2.24) is 15.5 Å². The number of carbonyl (C=O) groups excluding carboxylic acids is 3. The first-order chi connectivity index (χ1) is 16.9. The van der Waals surface area contributed by atoms with E-state index in [1.807, 2.05) is 30.3 Å². The first-order valence-electron chi connectivity index (χ1n) is 11.0. The average Bonchev–Trinajstić information content (AvgIpc) is 3.32. The number of Topliss-reactive ketones (excluding diaryl/α,β-unsaturated/α-hetero) is 1. The number of hydrogen-bond acceptors (Lipinski definition) is 9. The zero-order valence-corrected chi connectivity index (χ0v) is 19.0. The maximum atomic E-state index is 13.0. The molecule has 1 aromatic heterocycles. The molecular formula is C24H27N5O6. The van der Waals surface area contributed by atoms with E-state index in [-0.39, 0.29) is 24.7 Å². The number of nitrogens with zero attached hydrogens (tertiary/aromatic N) is 2. The molecule has 0 saturated heterocycles. The molecule has 2 aromatic carbocycles. The molecule has 5 N–H and O–H groups in total. The summed E-state index contributed by atoms with van der Waals surface area (Å²) in [7, 11) is 0. The Kier molecular flexibility index (Phi) is 9.31. The first-order valence-corrected chi connectivity index (χ1v) is 11.0. The van der Waals surface area contributed by atoms with Gasteiger partial charge in [-0.2, -0.15) is 4.98 Å². The number of unbranched alkanes of at least 4 members (excludes halogenated alkanes) is 1. The second-order valence-corrected chi connectivity index (χ2v) is 7.66. The average molecular weight is 482 g/mol. The number of amides is 2. The Morgan fingerprint density at radius 2 is 1.74 bits per heavy atom. The molecule has 3 aromatic rings. The van der Waals surface area contributed by atoms with Crippen LogP contribution in [0.4, 0.5) is 9.59 Å². The number of nitrogens with two attached hydrogens (primary N) is 2. The fourth-order valence-corrected chi connectivity index (χ4v) is 3.22. The van der Waals surface area contributed by atoms with E-state index in [0.717, 1.165) is 11.1 Å². The van der Waals surface area contributed by atoms with Crippen molar-refractivity contribution in [2.24, 2.45) is 11.5 Å². The summed E-state index contributed by atoms with van der Waals surface area (Å²) in [5.74, 6) is -0.119. The quantitative estimate of drug-likeness (QED) is 0.260. The number of hydrogen-bond donors (Lipinski definition) is 3. The molecule has 184 valence electrons. The van der Waals surface area contributed by atoms with Crippen molar-refractivity contribution in [1.29, 1.82) is 0 Å². The number of aromatic nitrogens is 2. The molecule has 11 nitrogen and oxygen atoms in total. The summed E-state index contributed by atoms with van der Waals surface area (Å²) in [4.78, 5) is 40.3. The number of nitrogens with one attached hydrogen (secondary N) is 1. The van der Waals surface area contributed by atoms with Crippen molar-refractivity contribution < 1.29 is 28.4 Å². The van der Waals surface area contributed by atoms with E-state index in [9.17, 15) is 14.4 Å². The maximum absolute atomic E-state index is 13.0. The molecule has 2 amide bonds. The summed E-state index contributed by atoms with van der Waals surface area (Å²) in [6.45, 7) is 0.543. The number of ketones is 1. The third-order valence-corrected chi connectivity index (χ3v) is 4.95. The molecule has 11 heteroatoms. The molecule has 0 aliphatic carbocycles. The minimum absolute atomic E-state index is 0.0754. The van der Waals surface area contributed by atoms with E-state index in [0.29, 0.717) is 31.6 Å². The lowest BCUT2D eigenvalue weighted by Gasteiger charge is -2.16. The molecule has 0 fully saturated rings. The van der Waals surface area contributed by atoms with Gasteiger partial charge in [-0.15, -0.1) is 0 Å². The molecule has 0 aliphatic heterocycles. The normalized spacial score (nSPS) is 11.5. The van der Waals surface area contributed by atoms with Gasteiger partial charge in [0.05, 0.1) is 12.5 Å². The highest BCUT2D eigenvalue weighted by molar-refractivity contribution is 5.98. The van der Waals surface area contributed by atoms with Crippen LogP contribution in [0.5, 0.6) is 5.75 Å². The van der Waals surface area contributed by atoms with Crippen LogP contribution in [0.15, 0.2) is 59.1 Å². The number of rotatable bonds is 12. The molecule has 1 atom stereocenters. The Labute approximate surface area is 201 Å². The Hall–Kier alpha value is -4.25. The predicted octanol–water partition coefficient (Wildman–Crippen LogP) is 2.72. The van der Waals surface area contributed by atoms with Crippen LogP contribution in [0.3, 0.4) is 0 Å². The zero-order chi connectivity index (χ0) is 25.0. The second-order valence-electron chi connectivity index (χ2n) is 7.66. The van der Waals surface area contributed by atoms with Crippen LogP contribution in [0.1, 0.15) is 46.9 Å². The topological polar surface area (TPSA) is 173 Å². The Bertz CT molecular complexity index is 1120. The summed E-state index contributed by atoms with van der Waals surface area (Å²) < 4.78 is 15.2. The fourth-order valence-electron chi connectivity index (χ4n) is 3.22. The molecule has 1 heterocycles. The third-order valence-electron chi connectivity index (χ3n) is 4.95. The monoisotopic (exact) mass is 481 g/mol. The highest BCUT2D eigenvalue weighted by Gasteiger charge is 2.27. The molecule has 0 radical (unpaired) electrons. The summed E-state index contributed by atoms with van der Waals surface area (Å²) >= 11 is 0. The van der Waals surface area contributed by atoms with Crippen LogP contribution in [0, 0.1) is 0 Å². The number of ether oxygens (including phenoxy) is 2. The lowest BCUT2D eigenvalue weighted by molar-refractivity contribution is 0.0896. The van der Waals surface area contributed by atoms with Gasteiger partial charge < -0.3 is 30.8 Å². The van der Waals surface area contributed by atoms with E-state index in [4.69, 9.17) is 25.5 Å². The van der Waals surface area contributed by atoms with Gasteiger partial charge in [0, 0.05) is 0 Å². The summed E-state index contributed by atoms with van der Waals surface area (Å²) in [6, 6.07) is 14.9. The van der Waals surface area contributed by atoms with Crippen LogP contribution >= 0.6 is 0 Å². The van der Waals surface area contributed by atoms with Crippen molar-refractivity contribution in [2.75, 3.05) is 6.54 Å². The van der Waals surface area contributed by atoms with Crippen LogP contribution in [0.2, 0.25) is 0 Å². The van der Waals surface area contributed by atoms with Gasteiger partial charge in [0.15, 0.2) is 0 Å². The number of carbonyl (C=O) groups is 3. The number of benzene rings is 2. The first kappa shape index (κ1) is 25.4. The van der Waals surface area contributed by atoms with Gasteiger partial charge in [-0.3, -0.25) is 4.79 Å². The second kappa shape index (κ2) is 12.8. The lowest BCUT2D eigenvalue weighted by Crippen LogP contribution is -2.41. The van der Waals surface area contributed by atoms with Crippen molar-refractivity contribution in [3.63, 3.8) is 0 Å². The minimum Gasteiger partial charge on any atom is -0.445 e. The Morgan fingerprint density at radius 1 is 1.00 bits per heavy atom. The predicted molar refractivity (Wildman–Crippen MR) is 125 cm³/mol. The number of alkyl carbamates (subject to hydrolysis) is 1. The smallest absolute Gasteiger partial charge is 0.409 e. The van der Waals surface area contributed by atoms with E-state index in [2.05, 4.69) is 15.5 Å². The van der Waals surface area contributed by atoms with Gasteiger partial charge in [-0.25, -0.2) is 9.59 Å². The van der Waals surface area contributed by atoms with Crippen molar-refractivity contribution >= 4 is 18.0 Å². The molecule has 0 spiro atoms. The highest BCUT2D eigenvalue weighted by Crippen LogP contribution is 2.15. The van der Waals surface area contributed by atoms with Gasteiger partial charge in [0.2, 0.25) is 17.5 Å². The van der Waals surface area contributed by atoms with Crippen molar-refractivity contribution in [3.05, 3.63) is 77.4 Å². The highest BCUT2D eigenvalue weighted by atomic mass is 16.6. The van der Waals surface area contributed by atoms with E-state index >= 15 is 0 Å². The van der Waals surface area contributed by atoms with E-state index in [1.165, 1.54) is 0 Å². The van der Waals surface area contributed by atoms with Gasteiger partial charge in [-0.05, 0) is 49.1 Å². The standard InChI is InChI=1S/C24H27N5O6/c25-13-5-4-8-19(27-24(32)33-15-17-6-2-1-3-7-17)21(30)22-28-20(35-29-22)14-16-9-11-18(12-10-16)34-23(26)31/h1-3,6-7,9-12,19H,4-5,8,13-15,25H2,(H2,26,31)(H,27,32). The zero-order valence-electron chi connectivity index (χ0n) is 19.0. The summed E-state index contributed by atoms with van der Waals surface area (Å²) in [6.07, 6.45) is 0.287. The molecular weight excluding hydrogens is 454 g/mol. The Morgan fingerprint density at radius 3 is 2.43 bits per heavy atom. The largest absolute Gasteiger partial charge is 0.445 e. The van der Waals surface area contributed by atoms with Gasteiger partial charge in [0.1, 0.15) is 12.4 Å². The van der Waals surface area contributed by atoms with Crippen LogP contribution < -0.4 is 21.5 Å². The third kappa shape index (κ3) is 8.23. The van der Waals surface area contributed by atoms with Gasteiger partial charge >= 0.3 is 12.2 Å². The summed E-state index contributed by atoms with van der Waals surface area (Å²) in [5, 5.41) is 6.38. The maximum Gasteiger partial charge on any atom is 0.409 e. The van der Waals surface area contributed by atoms with Crippen molar-refractivity contribution in [3.8, 4) is 5.75 Å².